The van der Waals surface area contributed by atoms with E-state index in [-0.39, 0.29) is 0 Å². The Bertz CT molecular complexity index is 310. The van der Waals surface area contributed by atoms with Crippen LogP contribution in [0.4, 0.5) is 5.95 Å². The summed E-state index contributed by atoms with van der Waals surface area (Å²) in [4.78, 5) is 8.50. The summed E-state index contributed by atoms with van der Waals surface area (Å²) in [5.41, 5.74) is 0. The van der Waals surface area contributed by atoms with Crippen molar-refractivity contribution in [3.8, 4) is 0 Å². The smallest absolute Gasteiger partial charge is 0.223 e. The Kier molecular flexibility index (Phi) is 3.83. The predicted octanol–water partition coefficient (Wildman–Crippen LogP) is 2.80. The number of anilines is 1. The Morgan fingerprint density at radius 3 is 3.00 bits per heavy atom. The molecule has 1 aliphatic carbocycles. The van der Waals surface area contributed by atoms with Crippen LogP contribution in [-0.2, 0) is 0 Å². The van der Waals surface area contributed by atoms with Crippen LogP contribution in [0.5, 0.6) is 0 Å². The lowest BCUT2D eigenvalue weighted by atomic mass is 10.1. The van der Waals surface area contributed by atoms with Crippen molar-refractivity contribution in [3.05, 3.63) is 12.3 Å². The minimum atomic E-state index is 0.714. The van der Waals surface area contributed by atoms with Gasteiger partial charge in [0.2, 0.25) is 5.95 Å². The zero-order valence-electron chi connectivity index (χ0n) is 9.07. The van der Waals surface area contributed by atoms with Crippen molar-refractivity contribution < 1.29 is 0 Å². The van der Waals surface area contributed by atoms with E-state index in [0.29, 0.717) is 5.95 Å². The molecule has 0 aromatic carbocycles. The Morgan fingerprint density at radius 2 is 2.27 bits per heavy atom. The lowest BCUT2D eigenvalue weighted by Gasteiger charge is -2.07. The second-order valence-corrected chi connectivity index (χ2v) is 4.97. The molecule has 0 atom stereocenters. The zero-order chi connectivity index (χ0) is 10.5. The maximum absolute atomic E-state index is 4.39. The molecule has 2 rings (SSSR count). The molecule has 0 amide bonds. The van der Waals surface area contributed by atoms with E-state index in [9.17, 15) is 0 Å². The van der Waals surface area contributed by atoms with Gasteiger partial charge in [0.1, 0.15) is 5.03 Å². The highest BCUT2D eigenvalue weighted by Crippen LogP contribution is 2.30. The second-order valence-electron chi connectivity index (χ2n) is 3.93. The van der Waals surface area contributed by atoms with E-state index in [1.807, 2.05) is 31.1 Å². The predicted molar refractivity (Wildman–Crippen MR) is 64.3 cm³/mol. The van der Waals surface area contributed by atoms with Gasteiger partial charge in [-0.1, -0.05) is 12.8 Å². The summed E-state index contributed by atoms with van der Waals surface area (Å²) in [6.45, 7) is 0. The number of aromatic nitrogens is 2. The van der Waals surface area contributed by atoms with Crippen LogP contribution in [0, 0.1) is 5.92 Å². The van der Waals surface area contributed by atoms with Crippen LogP contribution in [-0.4, -0.2) is 22.8 Å². The average molecular weight is 223 g/mol. The van der Waals surface area contributed by atoms with Gasteiger partial charge in [-0.05, 0) is 24.8 Å². The molecule has 0 radical (unpaired) electrons. The third-order valence-corrected chi connectivity index (χ3v) is 3.96. The molecule has 0 unspecified atom stereocenters. The molecule has 1 aromatic heterocycles. The molecule has 1 heterocycles. The Labute approximate surface area is 95.1 Å². The van der Waals surface area contributed by atoms with Crippen LogP contribution in [0.2, 0.25) is 0 Å². The number of nitrogens with zero attached hydrogens (tertiary/aromatic N) is 2. The molecule has 1 saturated carbocycles. The van der Waals surface area contributed by atoms with Gasteiger partial charge in [-0.15, -0.1) is 11.8 Å². The SMILES string of the molecule is CNc1nccc(SCC2CCCC2)n1. The van der Waals surface area contributed by atoms with E-state index < -0.39 is 0 Å². The lowest BCUT2D eigenvalue weighted by Crippen LogP contribution is -1.99. The second kappa shape index (κ2) is 5.35. The van der Waals surface area contributed by atoms with Crippen molar-refractivity contribution in [1.82, 2.24) is 9.97 Å². The highest BCUT2D eigenvalue weighted by atomic mass is 32.2. The van der Waals surface area contributed by atoms with Gasteiger partial charge < -0.3 is 5.32 Å². The number of thioether (sulfide) groups is 1. The summed E-state index contributed by atoms with van der Waals surface area (Å²) in [6, 6.07) is 1.99. The van der Waals surface area contributed by atoms with Gasteiger partial charge in [0.15, 0.2) is 0 Å². The van der Waals surface area contributed by atoms with Crippen LogP contribution < -0.4 is 5.32 Å². The Balaban J connectivity index is 1.86. The van der Waals surface area contributed by atoms with E-state index in [1.54, 1.807) is 0 Å². The van der Waals surface area contributed by atoms with Gasteiger partial charge in [0.05, 0.1) is 0 Å². The van der Waals surface area contributed by atoms with Crippen molar-refractivity contribution >= 4 is 17.7 Å². The molecule has 1 N–H and O–H groups in total. The number of hydrogen-bond acceptors (Lipinski definition) is 4. The standard InChI is InChI=1S/C11H17N3S/c1-12-11-13-7-6-10(14-11)15-8-9-4-2-3-5-9/h6-7,9H,2-5,8H2,1H3,(H,12,13,14). The van der Waals surface area contributed by atoms with Gasteiger partial charge in [0.25, 0.3) is 0 Å². The van der Waals surface area contributed by atoms with Crippen LogP contribution in [0.25, 0.3) is 0 Å². The molecule has 4 heteroatoms. The van der Waals surface area contributed by atoms with Crippen molar-refractivity contribution in [2.24, 2.45) is 5.92 Å². The van der Waals surface area contributed by atoms with Crippen LogP contribution >= 0.6 is 11.8 Å². The van der Waals surface area contributed by atoms with E-state index in [1.165, 1.54) is 31.4 Å². The molecular weight excluding hydrogens is 206 g/mol. The van der Waals surface area contributed by atoms with E-state index in [2.05, 4.69) is 15.3 Å². The Morgan fingerprint density at radius 1 is 1.47 bits per heavy atom. The van der Waals surface area contributed by atoms with E-state index in [0.717, 1.165) is 10.9 Å². The van der Waals surface area contributed by atoms with Crippen LogP contribution in [0.3, 0.4) is 0 Å². The largest absolute Gasteiger partial charge is 0.357 e. The number of rotatable bonds is 4. The van der Waals surface area contributed by atoms with Gasteiger partial charge in [-0.2, -0.15) is 0 Å². The third-order valence-electron chi connectivity index (χ3n) is 2.80. The summed E-state index contributed by atoms with van der Waals surface area (Å²) in [6.07, 6.45) is 7.44. The zero-order valence-corrected chi connectivity index (χ0v) is 9.89. The molecule has 0 aliphatic heterocycles. The maximum Gasteiger partial charge on any atom is 0.223 e. The molecule has 15 heavy (non-hydrogen) atoms. The van der Waals surface area contributed by atoms with Crippen LogP contribution in [0.1, 0.15) is 25.7 Å². The maximum atomic E-state index is 4.39. The van der Waals surface area contributed by atoms with Gasteiger partial charge in [-0.3, -0.25) is 0 Å². The minimum Gasteiger partial charge on any atom is -0.357 e. The summed E-state index contributed by atoms with van der Waals surface area (Å²) in [7, 11) is 1.85. The van der Waals surface area contributed by atoms with Gasteiger partial charge in [-0.25, -0.2) is 9.97 Å². The molecule has 0 spiro atoms. The first-order valence-corrected chi connectivity index (χ1v) is 6.50. The topological polar surface area (TPSA) is 37.8 Å². The summed E-state index contributed by atoms with van der Waals surface area (Å²) in [5.74, 6) is 2.83. The van der Waals surface area contributed by atoms with Crippen LogP contribution in [0.15, 0.2) is 17.3 Å². The molecule has 0 bridgehead atoms. The molecule has 1 aliphatic rings. The fraction of sp³-hybridized carbons (Fsp3) is 0.636. The molecule has 3 nitrogen and oxygen atoms in total. The first-order valence-electron chi connectivity index (χ1n) is 5.52. The average Bonchev–Trinajstić information content (AvgIpc) is 2.79. The number of hydrogen-bond donors (Lipinski definition) is 1. The summed E-state index contributed by atoms with van der Waals surface area (Å²) < 4.78 is 0. The molecule has 1 aromatic rings. The van der Waals surface area contributed by atoms with Crippen molar-refractivity contribution in [1.29, 1.82) is 0 Å². The monoisotopic (exact) mass is 223 g/mol. The molecule has 1 fully saturated rings. The lowest BCUT2D eigenvalue weighted by molar-refractivity contribution is 0.623. The van der Waals surface area contributed by atoms with Gasteiger partial charge >= 0.3 is 0 Å². The van der Waals surface area contributed by atoms with E-state index >= 15 is 0 Å². The van der Waals surface area contributed by atoms with E-state index in [4.69, 9.17) is 0 Å². The fourth-order valence-electron chi connectivity index (χ4n) is 1.92. The first-order chi connectivity index (χ1) is 7.38. The summed E-state index contributed by atoms with van der Waals surface area (Å²) in [5, 5.41) is 4.04. The minimum absolute atomic E-state index is 0.714. The summed E-state index contributed by atoms with van der Waals surface area (Å²) >= 11 is 1.86. The molecule has 82 valence electrons. The fourth-order valence-corrected chi connectivity index (χ4v) is 2.97. The highest BCUT2D eigenvalue weighted by molar-refractivity contribution is 7.99. The van der Waals surface area contributed by atoms with Crippen molar-refractivity contribution in [3.63, 3.8) is 0 Å². The molecular formula is C11H17N3S. The van der Waals surface area contributed by atoms with Crippen molar-refractivity contribution in [2.75, 3.05) is 18.1 Å². The Hall–Kier alpha value is -0.770. The van der Waals surface area contributed by atoms with Crippen molar-refractivity contribution in [2.45, 2.75) is 30.7 Å². The normalized spacial score (nSPS) is 16.9. The number of nitrogens with one attached hydrogen (secondary N) is 1. The van der Waals surface area contributed by atoms with Gasteiger partial charge in [0, 0.05) is 19.0 Å². The quantitative estimate of drug-likeness (QED) is 0.629. The highest BCUT2D eigenvalue weighted by Gasteiger charge is 2.15. The molecule has 0 saturated heterocycles. The third kappa shape index (κ3) is 3.09. The first kappa shape index (κ1) is 10.7.